The molecule has 0 saturated carbocycles. The van der Waals surface area contributed by atoms with Crippen LogP contribution in [-0.4, -0.2) is 54.7 Å². The number of nitrogens with two attached hydrogens (primary N) is 1. The molecule has 1 saturated heterocycles. The summed E-state index contributed by atoms with van der Waals surface area (Å²) in [4.78, 5) is 14.2. The third kappa shape index (κ3) is 5.47. The molecule has 0 aromatic heterocycles. The molecule has 112 valence electrons. The maximum Gasteiger partial charge on any atom is 0.234 e. The van der Waals surface area contributed by atoms with Gasteiger partial charge in [0.25, 0.3) is 0 Å². The van der Waals surface area contributed by atoms with Crippen molar-refractivity contribution >= 4 is 5.91 Å². The number of hydrogen-bond donors (Lipinski definition) is 2. The van der Waals surface area contributed by atoms with Gasteiger partial charge in [-0.25, -0.2) is 0 Å². The second-order valence-corrected chi connectivity index (χ2v) is 5.99. The van der Waals surface area contributed by atoms with Crippen molar-refractivity contribution in [1.82, 2.24) is 10.2 Å². The predicted octanol–water partition coefficient (Wildman–Crippen LogP) is 0.729. The quantitative estimate of drug-likeness (QED) is 0.747. The van der Waals surface area contributed by atoms with Crippen LogP contribution in [-0.2, 0) is 9.53 Å². The average Bonchev–Trinajstić information content (AvgIpc) is 2.33. The predicted molar refractivity (Wildman–Crippen MR) is 77.0 cm³/mol. The van der Waals surface area contributed by atoms with Gasteiger partial charge >= 0.3 is 0 Å². The fraction of sp³-hybridized carbons (Fsp3) is 0.929. The summed E-state index contributed by atoms with van der Waals surface area (Å²) in [7, 11) is 0. The second-order valence-electron chi connectivity index (χ2n) is 5.99. The Kier molecular flexibility index (Phi) is 6.23. The van der Waals surface area contributed by atoms with E-state index in [1.54, 1.807) is 0 Å². The molecule has 1 heterocycles. The average molecular weight is 271 g/mol. The zero-order valence-electron chi connectivity index (χ0n) is 12.7. The lowest BCUT2D eigenvalue weighted by molar-refractivity contribution is -0.141. The van der Waals surface area contributed by atoms with Crippen molar-refractivity contribution in [2.24, 2.45) is 5.73 Å². The highest BCUT2D eigenvalue weighted by Gasteiger charge is 2.33. The van der Waals surface area contributed by atoms with E-state index in [4.69, 9.17) is 10.5 Å². The van der Waals surface area contributed by atoms with Gasteiger partial charge in [-0.3, -0.25) is 9.69 Å². The number of carbonyl (C=O) groups excluding carboxylic acids is 1. The molecule has 1 amide bonds. The highest BCUT2D eigenvalue weighted by molar-refractivity contribution is 5.78. The van der Waals surface area contributed by atoms with E-state index in [0.29, 0.717) is 13.1 Å². The summed E-state index contributed by atoms with van der Waals surface area (Å²) in [5, 5.41) is 3.07. The summed E-state index contributed by atoms with van der Waals surface area (Å²) >= 11 is 0. The van der Waals surface area contributed by atoms with Crippen LogP contribution in [0.4, 0.5) is 0 Å². The Hall–Kier alpha value is -0.650. The van der Waals surface area contributed by atoms with Crippen LogP contribution in [0.3, 0.4) is 0 Å². The molecule has 5 heteroatoms. The van der Waals surface area contributed by atoms with Gasteiger partial charge in [0.05, 0.1) is 18.2 Å². The number of rotatable bonds is 6. The summed E-state index contributed by atoms with van der Waals surface area (Å²) in [5.41, 5.74) is 5.45. The fourth-order valence-corrected chi connectivity index (χ4v) is 2.63. The first kappa shape index (κ1) is 16.4. The molecule has 0 aliphatic carbocycles. The first-order valence-corrected chi connectivity index (χ1v) is 7.29. The van der Waals surface area contributed by atoms with Gasteiger partial charge in [-0.05, 0) is 26.7 Å². The minimum Gasteiger partial charge on any atom is -0.368 e. The Morgan fingerprint density at radius 1 is 1.47 bits per heavy atom. The third-order valence-electron chi connectivity index (χ3n) is 3.53. The van der Waals surface area contributed by atoms with Gasteiger partial charge < -0.3 is 15.8 Å². The molecular weight excluding hydrogens is 242 g/mol. The molecule has 0 bridgehead atoms. The summed E-state index contributed by atoms with van der Waals surface area (Å²) in [5.74, 6) is 0.0992. The largest absolute Gasteiger partial charge is 0.368 e. The van der Waals surface area contributed by atoms with Crippen LogP contribution in [0.25, 0.3) is 0 Å². The summed E-state index contributed by atoms with van der Waals surface area (Å²) in [6.07, 6.45) is 1.97. The molecule has 0 aromatic rings. The Labute approximate surface area is 116 Å². The Morgan fingerprint density at radius 3 is 2.63 bits per heavy atom. The van der Waals surface area contributed by atoms with Gasteiger partial charge in [-0.1, -0.05) is 13.8 Å². The van der Waals surface area contributed by atoms with E-state index < -0.39 is 0 Å². The van der Waals surface area contributed by atoms with Crippen LogP contribution in [0.15, 0.2) is 0 Å². The van der Waals surface area contributed by atoms with E-state index in [-0.39, 0.29) is 23.7 Å². The van der Waals surface area contributed by atoms with Crippen LogP contribution in [0.1, 0.15) is 40.5 Å². The Bertz CT molecular complexity index is 290. The molecule has 19 heavy (non-hydrogen) atoms. The lowest BCUT2D eigenvalue weighted by Crippen LogP contribution is -2.56. The summed E-state index contributed by atoms with van der Waals surface area (Å²) in [6.45, 7) is 10.7. The number of nitrogens with one attached hydrogen (secondary N) is 1. The first-order valence-electron chi connectivity index (χ1n) is 7.29. The normalized spacial score (nSPS) is 23.6. The first-order chi connectivity index (χ1) is 8.90. The van der Waals surface area contributed by atoms with Gasteiger partial charge in [-0.2, -0.15) is 0 Å². The monoisotopic (exact) mass is 271 g/mol. The van der Waals surface area contributed by atoms with E-state index in [0.717, 1.165) is 25.9 Å². The number of nitrogens with zero attached hydrogens (tertiary/aromatic N) is 1. The zero-order chi connectivity index (χ0) is 14.5. The number of carbonyl (C=O) groups is 1. The van der Waals surface area contributed by atoms with E-state index in [1.165, 1.54) is 0 Å². The van der Waals surface area contributed by atoms with Crippen molar-refractivity contribution in [3.05, 3.63) is 0 Å². The fourth-order valence-electron chi connectivity index (χ4n) is 2.63. The molecule has 1 rings (SSSR count). The van der Waals surface area contributed by atoms with E-state index >= 15 is 0 Å². The number of hydrogen-bond acceptors (Lipinski definition) is 4. The lowest BCUT2D eigenvalue weighted by Gasteiger charge is -2.42. The molecule has 0 radical (unpaired) electrons. The van der Waals surface area contributed by atoms with Gasteiger partial charge in [0.15, 0.2) is 0 Å². The van der Waals surface area contributed by atoms with Crippen molar-refractivity contribution in [3.63, 3.8) is 0 Å². The van der Waals surface area contributed by atoms with Crippen LogP contribution >= 0.6 is 0 Å². The molecule has 1 aliphatic rings. The van der Waals surface area contributed by atoms with Gasteiger partial charge in [-0.15, -0.1) is 0 Å². The molecule has 5 nitrogen and oxygen atoms in total. The van der Waals surface area contributed by atoms with Crippen molar-refractivity contribution in [2.75, 3.05) is 26.2 Å². The minimum atomic E-state index is -0.239. The molecular formula is C14H29N3O2. The molecule has 0 spiro atoms. The Balaban J connectivity index is 2.48. The lowest BCUT2D eigenvalue weighted by atomic mass is 10.1. The summed E-state index contributed by atoms with van der Waals surface area (Å²) < 4.78 is 5.86. The molecule has 1 aliphatic heterocycles. The van der Waals surface area contributed by atoms with E-state index in [1.807, 2.05) is 13.8 Å². The maximum absolute atomic E-state index is 12.0. The van der Waals surface area contributed by atoms with Crippen LogP contribution in [0.5, 0.6) is 0 Å². The molecule has 1 atom stereocenters. The van der Waals surface area contributed by atoms with E-state index in [9.17, 15) is 4.79 Å². The maximum atomic E-state index is 12.0. The minimum absolute atomic E-state index is 0.0182. The smallest absolute Gasteiger partial charge is 0.234 e. The highest BCUT2D eigenvalue weighted by atomic mass is 16.5. The molecule has 1 unspecified atom stereocenters. The zero-order valence-corrected chi connectivity index (χ0v) is 12.7. The van der Waals surface area contributed by atoms with Crippen molar-refractivity contribution in [2.45, 2.75) is 58.3 Å². The second kappa shape index (κ2) is 7.22. The SMILES string of the molecule is CCC(CC)NC(=O)CN1CC(CN)OC(C)(C)C1. The van der Waals surface area contributed by atoms with Crippen LogP contribution < -0.4 is 11.1 Å². The van der Waals surface area contributed by atoms with Crippen LogP contribution in [0.2, 0.25) is 0 Å². The van der Waals surface area contributed by atoms with Gasteiger partial charge in [0.1, 0.15) is 0 Å². The third-order valence-corrected chi connectivity index (χ3v) is 3.53. The number of ether oxygens (including phenoxy) is 1. The van der Waals surface area contributed by atoms with Gasteiger partial charge in [0, 0.05) is 25.7 Å². The van der Waals surface area contributed by atoms with E-state index in [2.05, 4.69) is 24.1 Å². The molecule has 1 fully saturated rings. The van der Waals surface area contributed by atoms with Crippen molar-refractivity contribution in [3.8, 4) is 0 Å². The summed E-state index contributed by atoms with van der Waals surface area (Å²) in [6, 6.07) is 0.284. The molecule has 0 aromatic carbocycles. The van der Waals surface area contributed by atoms with Crippen molar-refractivity contribution in [1.29, 1.82) is 0 Å². The highest BCUT2D eigenvalue weighted by Crippen LogP contribution is 2.20. The van der Waals surface area contributed by atoms with Crippen LogP contribution in [0, 0.1) is 0 Å². The Morgan fingerprint density at radius 2 is 2.11 bits per heavy atom. The molecule has 3 N–H and O–H groups in total. The number of amides is 1. The van der Waals surface area contributed by atoms with Gasteiger partial charge in [0.2, 0.25) is 5.91 Å². The number of morpholine rings is 1. The van der Waals surface area contributed by atoms with Crippen molar-refractivity contribution < 1.29 is 9.53 Å². The standard InChI is InChI=1S/C14H29N3O2/c1-5-11(6-2)16-13(18)9-17-8-12(7-15)19-14(3,4)10-17/h11-12H,5-10,15H2,1-4H3,(H,16,18). The topological polar surface area (TPSA) is 67.6 Å².